The van der Waals surface area contributed by atoms with Gasteiger partial charge in [0.1, 0.15) is 10.7 Å². The molecule has 0 aliphatic heterocycles. The van der Waals surface area contributed by atoms with E-state index in [0.29, 0.717) is 10.2 Å². The number of nitriles is 1. The van der Waals surface area contributed by atoms with Crippen LogP contribution in [0.1, 0.15) is 11.1 Å². The van der Waals surface area contributed by atoms with E-state index in [9.17, 15) is 14.9 Å². The van der Waals surface area contributed by atoms with Crippen molar-refractivity contribution in [1.82, 2.24) is 4.57 Å². The van der Waals surface area contributed by atoms with Crippen LogP contribution in [0.2, 0.25) is 0 Å². The fourth-order valence-electron chi connectivity index (χ4n) is 2.48. The summed E-state index contributed by atoms with van der Waals surface area (Å²) in [6.07, 6.45) is 1.74. The zero-order chi connectivity index (χ0) is 18.7. The van der Waals surface area contributed by atoms with Crippen molar-refractivity contribution in [2.45, 2.75) is 6.92 Å². The predicted molar refractivity (Wildman–Crippen MR) is 102 cm³/mol. The number of aromatic nitrogens is 1. The molecule has 2 aromatic carbocycles. The Morgan fingerprint density at radius 3 is 2.38 bits per heavy atom. The number of nitrogens with zero attached hydrogens (tertiary/aromatic N) is 2. The molecular formula is C20H15N3O2S. The van der Waals surface area contributed by atoms with E-state index in [4.69, 9.17) is 5.73 Å². The zero-order valence-corrected chi connectivity index (χ0v) is 14.8. The van der Waals surface area contributed by atoms with Crippen LogP contribution in [0.15, 0.2) is 59.4 Å². The number of para-hydroxylation sites is 1. The molecule has 3 rings (SSSR count). The lowest BCUT2D eigenvalue weighted by Gasteiger charge is -2.01. The average molecular weight is 361 g/mol. The van der Waals surface area contributed by atoms with Crippen LogP contribution in [0.4, 0.5) is 0 Å². The van der Waals surface area contributed by atoms with E-state index >= 15 is 0 Å². The molecule has 1 aromatic heterocycles. The SMILES string of the molecule is Cc1ccc(C=c2sc(=C(C#N)C(N)=O)n(-c3ccccc3)c2=O)cc1. The molecule has 0 aliphatic carbocycles. The number of nitrogens with two attached hydrogens (primary N) is 1. The van der Waals surface area contributed by atoms with Crippen LogP contribution in [0, 0.1) is 18.3 Å². The highest BCUT2D eigenvalue weighted by Crippen LogP contribution is 2.05. The Morgan fingerprint density at radius 2 is 1.81 bits per heavy atom. The molecule has 3 aromatic rings. The monoisotopic (exact) mass is 361 g/mol. The number of benzene rings is 2. The third-order valence-corrected chi connectivity index (χ3v) is 4.88. The minimum Gasteiger partial charge on any atom is -0.365 e. The van der Waals surface area contributed by atoms with Crippen molar-refractivity contribution in [2.24, 2.45) is 5.73 Å². The summed E-state index contributed by atoms with van der Waals surface area (Å²) >= 11 is 1.08. The van der Waals surface area contributed by atoms with E-state index in [-0.39, 0.29) is 15.8 Å². The Morgan fingerprint density at radius 1 is 1.15 bits per heavy atom. The van der Waals surface area contributed by atoms with Gasteiger partial charge in [-0.05, 0) is 30.7 Å². The number of hydrogen-bond acceptors (Lipinski definition) is 4. The number of primary amides is 1. The van der Waals surface area contributed by atoms with Gasteiger partial charge in [0.15, 0.2) is 5.57 Å². The number of thiazole rings is 1. The summed E-state index contributed by atoms with van der Waals surface area (Å²) in [6, 6.07) is 18.4. The first-order valence-electron chi connectivity index (χ1n) is 7.81. The highest BCUT2D eigenvalue weighted by atomic mass is 32.1. The van der Waals surface area contributed by atoms with Crippen LogP contribution >= 0.6 is 11.3 Å². The fourth-order valence-corrected chi connectivity index (χ4v) is 3.59. The summed E-state index contributed by atoms with van der Waals surface area (Å²) in [5.41, 5.74) is 7.35. The van der Waals surface area contributed by atoms with Crippen molar-refractivity contribution in [1.29, 1.82) is 5.26 Å². The number of carbonyl (C=O) groups excluding carboxylic acids is 1. The summed E-state index contributed by atoms with van der Waals surface area (Å²) in [5.74, 6) is -0.861. The maximum Gasteiger partial charge on any atom is 0.273 e. The Hall–Kier alpha value is -3.43. The molecule has 1 amide bonds. The van der Waals surface area contributed by atoms with Crippen LogP contribution < -0.4 is 20.5 Å². The van der Waals surface area contributed by atoms with Crippen molar-refractivity contribution in [3.63, 3.8) is 0 Å². The molecule has 26 heavy (non-hydrogen) atoms. The van der Waals surface area contributed by atoms with Gasteiger partial charge in [-0.3, -0.25) is 14.2 Å². The largest absolute Gasteiger partial charge is 0.365 e. The predicted octanol–water partition coefficient (Wildman–Crippen LogP) is 1.20. The molecule has 6 heteroatoms. The van der Waals surface area contributed by atoms with Gasteiger partial charge < -0.3 is 5.73 Å². The minimum absolute atomic E-state index is 0.231. The third-order valence-electron chi connectivity index (χ3n) is 3.79. The molecule has 0 saturated carbocycles. The van der Waals surface area contributed by atoms with E-state index in [0.717, 1.165) is 22.5 Å². The van der Waals surface area contributed by atoms with Gasteiger partial charge in [0, 0.05) is 0 Å². The van der Waals surface area contributed by atoms with Crippen LogP contribution in [0.25, 0.3) is 17.3 Å². The Bertz CT molecular complexity index is 1180. The Balaban J connectivity index is 2.39. The first-order valence-corrected chi connectivity index (χ1v) is 8.63. The number of amides is 1. The van der Waals surface area contributed by atoms with Crippen molar-refractivity contribution in [2.75, 3.05) is 0 Å². The molecule has 5 nitrogen and oxygen atoms in total. The van der Waals surface area contributed by atoms with Crippen LogP contribution in [0.3, 0.4) is 0 Å². The lowest BCUT2D eigenvalue weighted by Crippen LogP contribution is -2.32. The first-order chi connectivity index (χ1) is 12.5. The van der Waals surface area contributed by atoms with Crippen molar-refractivity contribution in [3.8, 4) is 11.8 Å². The molecule has 0 saturated heterocycles. The average Bonchev–Trinajstić information content (AvgIpc) is 2.94. The second-order valence-corrected chi connectivity index (χ2v) is 6.68. The van der Waals surface area contributed by atoms with Crippen LogP contribution in [0.5, 0.6) is 0 Å². The normalized spacial score (nSPS) is 12.5. The maximum atomic E-state index is 13.0. The molecule has 0 spiro atoms. The zero-order valence-electron chi connectivity index (χ0n) is 14.0. The second-order valence-electron chi connectivity index (χ2n) is 5.65. The first kappa shape index (κ1) is 17.4. The fraction of sp³-hybridized carbons (Fsp3) is 0.0500. The summed E-state index contributed by atoms with van der Waals surface area (Å²) in [7, 11) is 0. The van der Waals surface area contributed by atoms with Crippen molar-refractivity contribution < 1.29 is 4.79 Å². The Kier molecular flexibility index (Phi) is 4.83. The quantitative estimate of drug-likeness (QED) is 0.760. The molecule has 2 N–H and O–H groups in total. The summed E-state index contributed by atoms with van der Waals surface area (Å²) < 4.78 is 2.00. The van der Waals surface area contributed by atoms with Crippen molar-refractivity contribution >= 4 is 28.9 Å². The topological polar surface area (TPSA) is 88.9 Å². The van der Waals surface area contributed by atoms with E-state index < -0.39 is 5.91 Å². The summed E-state index contributed by atoms with van der Waals surface area (Å²) in [5, 5.41) is 9.33. The van der Waals surface area contributed by atoms with Crippen LogP contribution in [-0.4, -0.2) is 10.5 Å². The van der Waals surface area contributed by atoms with Crippen molar-refractivity contribution in [3.05, 3.63) is 85.3 Å². The van der Waals surface area contributed by atoms with E-state index in [1.54, 1.807) is 30.3 Å². The second kappa shape index (κ2) is 7.21. The smallest absolute Gasteiger partial charge is 0.273 e. The summed E-state index contributed by atoms with van der Waals surface area (Å²) in [6.45, 7) is 1.98. The van der Waals surface area contributed by atoms with E-state index in [1.807, 2.05) is 43.3 Å². The molecular weight excluding hydrogens is 346 g/mol. The van der Waals surface area contributed by atoms with Gasteiger partial charge in [-0.2, -0.15) is 5.26 Å². The summed E-state index contributed by atoms with van der Waals surface area (Å²) in [4.78, 5) is 24.6. The van der Waals surface area contributed by atoms with Gasteiger partial charge in [0.2, 0.25) is 0 Å². The molecule has 128 valence electrons. The molecule has 0 unspecified atom stereocenters. The molecule has 0 aliphatic rings. The number of hydrogen-bond donors (Lipinski definition) is 1. The minimum atomic E-state index is -0.861. The van der Waals surface area contributed by atoms with Gasteiger partial charge in [0.05, 0.1) is 10.2 Å². The molecule has 0 atom stereocenters. The van der Waals surface area contributed by atoms with Gasteiger partial charge >= 0.3 is 0 Å². The number of aryl methyl sites for hydroxylation is 1. The van der Waals surface area contributed by atoms with Crippen LogP contribution in [-0.2, 0) is 4.79 Å². The van der Waals surface area contributed by atoms with E-state index in [2.05, 4.69) is 0 Å². The molecule has 1 heterocycles. The standard InChI is InChI=1S/C20H15N3O2S/c1-13-7-9-14(10-8-13)11-17-19(25)23(15-5-3-2-4-6-15)20(26-17)16(12-21)18(22)24/h2-11H,1H3,(H2,22,24). The van der Waals surface area contributed by atoms with Gasteiger partial charge in [-0.1, -0.05) is 48.0 Å². The van der Waals surface area contributed by atoms with Gasteiger partial charge in [-0.15, -0.1) is 11.3 Å². The highest BCUT2D eigenvalue weighted by Gasteiger charge is 2.14. The Labute approximate surface area is 153 Å². The number of rotatable bonds is 3. The lowest BCUT2D eigenvalue weighted by atomic mass is 10.1. The lowest BCUT2D eigenvalue weighted by molar-refractivity contribution is -0.112. The van der Waals surface area contributed by atoms with Gasteiger partial charge in [0.25, 0.3) is 11.5 Å². The number of carbonyl (C=O) groups is 1. The third kappa shape index (κ3) is 3.34. The molecule has 0 bridgehead atoms. The highest BCUT2D eigenvalue weighted by molar-refractivity contribution is 7.07. The molecule has 0 fully saturated rings. The molecule has 0 radical (unpaired) electrons. The van der Waals surface area contributed by atoms with Gasteiger partial charge in [-0.25, -0.2) is 0 Å². The maximum absolute atomic E-state index is 13.0. The van der Waals surface area contributed by atoms with E-state index in [1.165, 1.54) is 4.57 Å².